The number of rotatable bonds is 8. The predicted octanol–water partition coefficient (Wildman–Crippen LogP) is 2.62. The van der Waals surface area contributed by atoms with Gasteiger partial charge in [0, 0.05) is 18.0 Å². The number of amides is 1. The summed E-state index contributed by atoms with van der Waals surface area (Å²) in [5, 5.41) is 1.80. The summed E-state index contributed by atoms with van der Waals surface area (Å²) in [4.78, 5) is 45.7. The van der Waals surface area contributed by atoms with Crippen molar-refractivity contribution in [3.8, 4) is 0 Å². The minimum absolute atomic E-state index is 0.0245. The Morgan fingerprint density at radius 2 is 2.07 bits per heavy atom. The van der Waals surface area contributed by atoms with Gasteiger partial charge in [0.2, 0.25) is 0 Å². The number of benzene rings is 1. The summed E-state index contributed by atoms with van der Waals surface area (Å²) in [5.74, 6) is -0.465. The van der Waals surface area contributed by atoms with Crippen molar-refractivity contribution < 1.29 is 4.79 Å². The zero-order chi connectivity index (χ0) is 21.5. The van der Waals surface area contributed by atoms with Crippen molar-refractivity contribution in [1.82, 2.24) is 14.5 Å². The van der Waals surface area contributed by atoms with E-state index in [-0.39, 0.29) is 18.1 Å². The molecule has 0 aliphatic carbocycles. The maximum Gasteiger partial charge on any atom is 0.330 e. The van der Waals surface area contributed by atoms with E-state index >= 15 is 0 Å². The summed E-state index contributed by atoms with van der Waals surface area (Å²) in [7, 11) is 0. The van der Waals surface area contributed by atoms with Crippen LogP contribution < -0.4 is 21.9 Å². The smallest absolute Gasteiger partial charge is 0.330 e. The Hall–Kier alpha value is -3.46. The van der Waals surface area contributed by atoms with E-state index in [1.807, 2.05) is 37.3 Å². The largest absolute Gasteiger partial charge is 0.383 e. The molecule has 0 radical (unpaired) electrons. The highest BCUT2D eigenvalue weighted by molar-refractivity contribution is 7.07. The predicted molar refractivity (Wildman–Crippen MR) is 119 cm³/mol. The first kappa shape index (κ1) is 21.3. The Balaban J connectivity index is 2.06. The lowest BCUT2D eigenvalue weighted by Crippen LogP contribution is -2.40. The third kappa shape index (κ3) is 4.93. The van der Waals surface area contributed by atoms with Crippen LogP contribution in [0, 0.1) is 0 Å². The highest BCUT2D eigenvalue weighted by Crippen LogP contribution is 2.21. The van der Waals surface area contributed by atoms with Crippen LogP contribution in [-0.4, -0.2) is 20.4 Å². The summed E-state index contributed by atoms with van der Waals surface area (Å²) in [6.07, 6.45) is 4.49. The van der Waals surface area contributed by atoms with Crippen molar-refractivity contribution in [2.24, 2.45) is 0 Å². The summed E-state index contributed by atoms with van der Waals surface area (Å²) >= 11 is 1.41. The molecular formula is C21H23N5O3S. The third-order valence-electron chi connectivity index (χ3n) is 4.52. The number of hydrogen-bond donors (Lipinski definition) is 2. The maximum atomic E-state index is 13.1. The Kier molecular flexibility index (Phi) is 6.97. The van der Waals surface area contributed by atoms with Crippen LogP contribution in [0.4, 0.5) is 11.5 Å². The average molecular weight is 426 g/mol. The molecule has 1 amide bonds. The second kappa shape index (κ2) is 9.84. The number of carbonyl (C=O) groups excluding carboxylic acids is 1. The van der Waals surface area contributed by atoms with Crippen molar-refractivity contribution in [3.63, 3.8) is 0 Å². The molecule has 0 unspecified atom stereocenters. The summed E-state index contributed by atoms with van der Waals surface area (Å²) in [6.45, 7) is 2.47. The molecule has 0 saturated heterocycles. The lowest BCUT2D eigenvalue weighted by Gasteiger charge is -2.23. The van der Waals surface area contributed by atoms with Crippen molar-refractivity contribution in [2.45, 2.75) is 32.9 Å². The second-order valence-corrected chi connectivity index (χ2v) is 7.37. The normalized spacial score (nSPS) is 11.1. The first-order valence-corrected chi connectivity index (χ1v) is 10.5. The molecule has 156 valence electrons. The molecule has 0 spiro atoms. The molecule has 0 atom stereocenters. The van der Waals surface area contributed by atoms with Crippen molar-refractivity contribution in [1.29, 1.82) is 0 Å². The van der Waals surface area contributed by atoms with Crippen LogP contribution in [0.1, 0.15) is 31.0 Å². The minimum atomic E-state index is -0.698. The van der Waals surface area contributed by atoms with Gasteiger partial charge in [0.1, 0.15) is 5.82 Å². The molecular weight excluding hydrogens is 402 g/mol. The lowest BCUT2D eigenvalue weighted by atomic mass is 10.2. The molecule has 3 rings (SSSR count). The highest BCUT2D eigenvalue weighted by Gasteiger charge is 2.23. The number of hydrogen-bond acceptors (Lipinski definition) is 6. The second-order valence-electron chi connectivity index (χ2n) is 6.65. The summed E-state index contributed by atoms with van der Waals surface area (Å²) < 4.78 is 1.30. The van der Waals surface area contributed by atoms with Crippen LogP contribution in [0.5, 0.6) is 0 Å². The van der Waals surface area contributed by atoms with Crippen molar-refractivity contribution in [2.75, 3.05) is 10.6 Å². The number of nitrogen functional groups attached to an aromatic ring is 1. The van der Waals surface area contributed by atoms with Crippen LogP contribution in [-0.2, 0) is 17.9 Å². The van der Waals surface area contributed by atoms with Gasteiger partial charge in [-0.25, -0.2) is 9.78 Å². The number of nitrogens with zero attached hydrogens (tertiary/aromatic N) is 3. The number of unbranched alkanes of at least 4 members (excludes halogenated alkanes) is 1. The zero-order valence-corrected chi connectivity index (χ0v) is 17.4. The molecule has 2 aromatic heterocycles. The Morgan fingerprint density at radius 1 is 1.30 bits per heavy atom. The van der Waals surface area contributed by atoms with Crippen LogP contribution in [0.3, 0.4) is 0 Å². The Labute approximate surface area is 177 Å². The Morgan fingerprint density at radius 3 is 2.73 bits per heavy atom. The van der Waals surface area contributed by atoms with E-state index < -0.39 is 17.2 Å². The maximum absolute atomic E-state index is 13.1. The number of nitrogens with one attached hydrogen (secondary N) is 1. The SMILES string of the molecule is CCCCn1c(N)c(N(Cc2ccccc2)C(=O)/C=C/c2cscn2)c(=O)[nH]c1=O. The molecule has 3 N–H and O–H groups in total. The van der Waals surface area contributed by atoms with E-state index in [0.717, 1.165) is 12.0 Å². The molecule has 9 heteroatoms. The zero-order valence-electron chi connectivity index (χ0n) is 16.6. The average Bonchev–Trinajstić information content (AvgIpc) is 3.25. The van der Waals surface area contributed by atoms with Gasteiger partial charge in [-0.15, -0.1) is 11.3 Å². The van der Waals surface area contributed by atoms with Crippen LogP contribution in [0.15, 0.2) is 56.9 Å². The van der Waals surface area contributed by atoms with Gasteiger partial charge in [0.15, 0.2) is 5.69 Å². The Bertz CT molecular complexity index is 1130. The summed E-state index contributed by atoms with van der Waals surface area (Å²) in [5.41, 5.74) is 8.03. The standard InChI is InChI=1S/C21H23N5O3S/c1-2-3-11-25-19(22)18(20(28)24-21(25)29)26(12-15-7-5-4-6-8-15)17(27)10-9-16-13-30-14-23-16/h4-10,13-14H,2-3,11-12,22H2,1H3,(H,24,28,29)/b10-9+. The molecule has 0 aliphatic heterocycles. The number of H-pyrrole nitrogens is 1. The molecule has 30 heavy (non-hydrogen) atoms. The van der Waals surface area contributed by atoms with Gasteiger partial charge in [-0.2, -0.15) is 0 Å². The van der Waals surface area contributed by atoms with Crippen LogP contribution in [0.25, 0.3) is 6.08 Å². The molecule has 0 aliphatic rings. The number of carbonyl (C=O) groups is 1. The molecule has 0 bridgehead atoms. The van der Waals surface area contributed by atoms with Gasteiger partial charge < -0.3 is 5.73 Å². The van der Waals surface area contributed by atoms with Gasteiger partial charge in [-0.3, -0.25) is 24.0 Å². The van der Waals surface area contributed by atoms with E-state index in [2.05, 4.69) is 9.97 Å². The quantitative estimate of drug-likeness (QED) is 0.539. The summed E-state index contributed by atoms with van der Waals surface area (Å²) in [6, 6.07) is 9.26. The molecule has 0 fully saturated rings. The van der Waals surface area contributed by atoms with E-state index in [1.54, 1.807) is 17.0 Å². The number of aromatic nitrogens is 3. The van der Waals surface area contributed by atoms with Gasteiger partial charge in [-0.1, -0.05) is 43.7 Å². The fourth-order valence-electron chi connectivity index (χ4n) is 2.96. The monoisotopic (exact) mass is 425 g/mol. The molecule has 2 heterocycles. The van der Waals surface area contributed by atoms with Gasteiger partial charge >= 0.3 is 5.69 Å². The van der Waals surface area contributed by atoms with Gasteiger partial charge in [-0.05, 0) is 18.1 Å². The number of aromatic amines is 1. The first-order valence-electron chi connectivity index (χ1n) is 9.55. The van der Waals surface area contributed by atoms with E-state index in [9.17, 15) is 14.4 Å². The molecule has 3 aromatic rings. The lowest BCUT2D eigenvalue weighted by molar-refractivity contribution is -0.114. The van der Waals surface area contributed by atoms with Crippen molar-refractivity contribution in [3.05, 3.63) is 79.4 Å². The fourth-order valence-corrected chi connectivity index (χ4v) is 3.48. The van der Waals surface area contributed by atoms with Gasteiger partial charge in [0.05, 0.1) is 17.7 Å². The number of nitrogens with two attached hydrogens (primary N) is 1. The van der Waals surface area contributed by atoms with E-state index in [4.69, 9.17) is 5.73 Å². The first-order chi connectivity index (χ1) is 14.5. The van der Waals surface area contributed by atoms with Crippen LogP contribution in [0.2, 0.25) is 0 Å². The van der Waals surface area contributed by atoms with Crippen LogP contribution >= 0.6 is 11.3 Å². The van der Waals surface area contributed by atoms with E-state index in [0.29, 0.717) is 18.7 Å². The number of anilines is 2. The molecule has 1 aromatic carbocycles. The molecule has 0 saturated carbocycles. The minimum Gasteiger partial charge on any atom is -0.383 e. The highest BCUT2D eigenvalue weighted by atomic mass is 32.1. The third-order valence-corrected chi connectivity index (χ3v) is 5.12. The van der Waals surface area contributed by atoms with E-state index in [1.165, 1.54) is 26.9 Å². The number of thiazole rings is 1. The topological polar surface area (TPSA) is 114 Å². The molecule has 8 nitrogen and oxygen atoms in total. The fraction of sp³-hybridized carbons (Fsp3) is 0.238. The van der Waals surface area contributed by atoms with Crippen molar-refractivity contribution >= 4 is 34.8 Å². The van der Waals surface area contributed by atoms with Gasteiger partial charge in [0.25, 0.3) is 11.5 Å².